The van der Waals surface area contributed by atoms with E-state index in [1.165, 1.54) is 0 Å². The lowest BCUT2D eigenvalue weighted by molar-refractivity contribution is 0.0671. The van der Waals surface area contributed by atoms with Crippen molar-refractivity contribution >= 4 is 5.91 Å². The molecule has 0 aliphatic heterocycles. The predicted molar refractivity (Wildman–Crippen MR) is 97.4 cm³/mol. The molecule has 0 aliphatic carbocycles. The van der Waals surface area contributed by atoms with Gasteiger partial charge in [-0.05, 0) is 43.2 Å². The maximum atomic E-state index is 13.3. The fraction of sp³-hybridized carbons (Fsp3) is 0.250. The van der Waals surface area contributed by atoms with Crippen LogP contribution in [0.2, 0.25) is 0 Å². The monoisotopic (exact) mass is 334 g/mol. The summed E-state index contributed by atoms with van der Waals surface area (Å²) in [5, 5.41) is 4.27. The standard InChI is InChI=1S/C20H22N4O/c1-3-16(2)23(15-17-8-6-11-21-14-17)20(25)18-9-4-5-10-19(18)24-13-7-12-22-24/h4-14,16H,3,15H2,1-2H3/t16-/m1/s1. The molecule has 1 amide bonds. The maximum Gasteiger partial charge on any atom is 0.256 e. The summed E-state index contributed by atoms with van der Waals surface area (Å²) in [7, 11) is 0. The van der Waals surface area contributed by atoms with E-state index in [0.717, 1.165) is 17.7 Å². The Hall–Kier alpha value is -2.95. The second-order valence-electron chi connectivity index (χ2n) is 6.02. The average molecular weight is 334 g/mol. The van der Waals surface area contributed by atoms with Gasteiger partial charge in [0.2, 0.25) is 0 Å². The van der Waals surface area contributed by atoms with Crippen LogP contribution in [-0.2, 0) is 6.54 Å². The molecule has 25 heavy (non-hydrogen) atoms. The van der Waals surface area contributed by atoms with Gasteiger partial charge >= 0.3 is 0 Å². The normalized spacial score (nSPS) is 11.9. The minimum absolute atomic E-state index is 0.00398. The van der Waals surface area contributed by atoms with E-state index in [9.17, 15) is 4.79 Å². The highest BCUT2D eigenvalue weighted by Crippen LogP contribution is 2.20. The summed E-state index contributed by atoms with van der Waals surface area (Å²) in [5.41, 5.74) is 2.46. The molecule has 0 spiro atoms. The minimum atomic E-state index is 0.00398. The molecule has 5 heteroatoms. The first-order valence-electron chi connectivity index (χ1n) is 8.49. The number of para-hydroxylation sites is 1. The van der Waals surface area contributed by atoms with Gasteiger partial charge in [0, 0.05) is 37.4 Å². The van der Waals surface area contributed by atoms with Gasteiger partial charge < -0.3 is 4.90 Å². The van der Waals surface area contributed by atoms with Crippen LogP contribution in [0.1, 0.15) is 36.2 Å². The molecule has 5 nitrogen and oxygen atoms in total. The van der Waals surface area contributed by atoms with Gasteiger partial charge in [0.05, 0.1) is 11.3 Å². The summed E-state index contributed by atoms with van der Waals surface area (Å²) >= 11 is 0. The quantitative estimate of drug-likeness (QED) is 0.690. The van der Waals surface area contributed by atoms with E-state index in [-0.39, 0.29) is 11.9 Å². The van der Waals surface area contributed by atoms with E-state index in [4.69, 9.17) is 0 Å². The summed E-state index contributed by atoms with van der Waals surface area (Å²) < 4.78 is 1.73. The highest BCUT2D eigenvalue weighted by molar-refractivity contribution is 5.97. The summed E-state index contributed by atoms with van der Waals surface area (Å²) in [6, 6.07) is 13.4. The number of pyridine rings is 1. The molecule has 0 bridgehead atoms. The summed E-state index contributed by atoms with van der Waals surface area (Å²) in [6.45, 7) is 4.70. The molecule has 1 atom stereocenters. The number of benzene rings is 1. The van der Waals surface area contributed by atoms with Crippen molar-refractivity contribution in [2.45, 2.75) is 32.9 Å². The third-order valence-electron chi connectivity index (χ3n) is 4.35. The Labute approximate surface area is 147 Å². The van der Waals surface area contributed by atoms with Crippen LogP contribution in [0.5, 0.6) is 0 Å². The van der Waals surface area contributed by atoms with Crippen LogP contribution in [0.3, 0.4) is 0 Å². The summed E-state index contributed by atoms with van der Waals surface area (Å²) in [6.07, 6.45) is 7.99. The number of hydrogen-bond acceptors (Lipinski definition) is 3. The van der Waals surface area contributed by atoms with Gasteiger partial charge in [-0.15, -0.1) is 0 Å². The van der Waals surface area contributed by atoms with Crippen molar-refractivity contribution in [2.75, 3.05) is 0 Å². The molecule has 3 rings (SSSR count). The molecule has 0 N–H and O–H groups in total. The van der Waals surface area contributed by atoms with Gasteiger partial charge in [-0.25, -0.2) is 4.68 Å². The molecule has 0 saturated heterocycles. The summed E-state index contributed by atoms with van der Waals surface area (Å²) in [4.78, 5) is 19.4. The first-order chi connectivity index (χ1) is 12.2. The van der Waals surface area contributed by atoms with Crippen molar-refractivity contribution < 1.29 is 4.79 Å². The number of hydrogen-bond donors (Lipinski definition) is 0. The second-order valence-corrected chi connectivity index (χ2v) is 6.02. The molecular formula is C20H22N4O. The van der Waals surface area contributed by atoms with E-state index in [1.54, 1.807) is 17.1 Å². The fourth-order valence-electron chi connectivity index (χ4n) is 2.76. The third kappa shape index (κ3) is 3.76. The van der Waals surface area contributed by atoms with Crippen LogP contribution < -0.4 is 0 Å². The molecule has 0 saturated carbocycles. The van der Waals surface area contributed by atoms with Gasteiger partial charge in [-0.2, -0.15) is 5.10 Å². The van der Waals surface area contributed by atoms with Crippen LogP contribution in [0.4, 0.5) is 0 Å². The molecule has 0 fully saturated rings. The predicted octanol–water partition coefficient (Wildman–Crippen LogP) is 3.71. The molecule has 0 radical (unpaired) electrons. The summed E-state index contributed by atoms with van der Waals surface area (Å²) in [5.74, 6) is 0.00398. The van der Waals surface area contributed by atoms with Gasteiger partial charge in [0.25, 0.3) is 5.91 Å². The van der Waals surface area contributed by atoms with Crippen LogP contribution in [-0.4, -0.2) is 31.6 Å². The molecule has 3 aromatic rings. The lowest BCUT2D eigenvalue weighted by atomic mass is 10.1. The van der Waals surface area contributed by atoms with Gasteiger partial charge in [0.1, 0.15) is 0 Å². The highest BCUT2D eigenvalue weighted by Gasteiger charge is 2.23. The van der Waals surface area contributed by atoms with E-state index < -0.39 is 0 Å². The van der Waals surface area contributed by atoms with E-state index in [2.05, 4.69) is 23.9 Å². The van der Waals surface area contributed by atoms with Gasteiger partial charge in [0.15, 0.2) is 0 Å². The first kappa shape index (κ1) is 16.9. The first-order valence-corrected chi connectivity index (χ1v) is 8.49. The van der Waals surface area contributed by atoms with Gasteiger partial charge in [-0.1, -0.05) is 25.1 Å². The van der Waals surface area contributed by atoms with Crippen LogP contribution >= 0.6 is 0 Å². The second kappa shape index (κ2) is 7.75. The molecule has 128 valence electrons. The Balaban J connectivity index is 1.96. The molecule has 1 aromatic carbocycles. The zero-order valence-electron chi connectivity index (χ0n) is 14.5. The van der Waals surface area contributed by atoms with E-state index in [1.807, 2.05) is 59.8 Å². The Morgan fingerprint density at radius 1 is 1.16 bits per heavy atom. The number of carbonyl (C=O) groups is 1. The fourth-order valence-corrected chi connectivity index (χ4v) is 2.76. The molecular weight excluding hydrogens is 312 g/mol. The molecule has 0 aliphatic rings. The topological polar surface area (TPSA) is 51.0 Å². The number of amides is 1. The lowest BCUT2D eigenvalue weighted by Crippen LogP contribution is -2.38. The van der Waals surface area contributed by atoms with Crippen LogP contribution in [0.25, 0.3) is 5.69 Å². The van der Waals surface area contributed by atoms with Crippen LogP contribution in [0, 0.1) is 0 Å². The molecule has 0 unspecified atom stereocenters. The van der Waals surface area contributed by atoms with Crippen molar-refractivity contribution in [1.82, 2.24) is 19.7 Å². The van der Waals surface area contributed by atoms with Crippen molar-refractivity contribution in [3.63, 3.8) is 0 Å². The number of aromatic nitrogens is 3. The Kier molecular flexibility index (Phi) is 5.23. The average Bonchev–Trinajstić information content (AvgIpc) is 3.20. The Morgan fingerprint density at radius 2 is 2.00 bits per heavy atom. The highest BCUT2D eigenvalue weighted by atomic mass is 16.2. The Morgan fingerprint density at radius 3 is 2.68 bits per heavy atom. The third-order valence-corrected chi connectivity index (χ3v) is 4.35. The zero-order chi connectivity index (χ0) is 17.6. The number of rotatable bonds is 6. The van der Waals surface area contributed by atoms with Crippen molar-refractivity contribution in [3.05, 3.63) is 78.4 Å². The molecule has 2 aromatic heterocycles. The largest absolute Gasteiger partial charge is 0.332 e. The van der Waals surface area contributed by atoms with Crippen molar-refractivity contribution in [1.29, 1.82) is 0 Å². The smallest absolute Gasteiger partial charge is 0.256 e. The van der Waals surface area contributed by atoms with Crippen molar-refractivity contribution in [2.24, 2.45) is 0 Å². The SMILES string of the molecule is CC[C@@H](C)N(Cc1cccnc1)C(=O)c1ccccc1-n1cccn1. The van der Waals surface area contributed by atoms with Crippen molar-refractivity contribution in [3.8, 4) is 5.69 Å². The lowest BCUT2D eigenvalue weighted by Gasteiger charge is -2.29. The minimum Gasteiger partial charge on any atom is -0.332 e. The molecule has 2 heterocycles. The number of carbonyl (C=O) groups excluding carboxylic acids is 1. The number of nitrogens with zero attached hydrogens (tertiary/aromatic N) is 4. The zero-order valence-corrected chi connectivity index (χ0v) is 14.5. The maximum absolute atomic E-state index is 13.3. The van der Waals surface area contributed by atoms with E-state index in [0.29, 0.717) is 12.1 Å². The Bertz CT molecular complexity index is 815. The van der Waals surface area contributed by atoms with Gasteiger partial charge in [-0.3, -0.25) is 9.78 Å². The van der Waals surface area contributed by atoms with E-state index >= 15 is 0 Å². The van der Waals surface area contributed by atoms with Crippen LogP contribution in [0.15, 0.2) is 67.3 Å².